The first-order chi connectivity index (χ1) is 6.46. The van der Waals surface area contributed by atoms with Crippen LogP contribution in [0.1, 0.15) is 11.3 Å². The number of aliphatic hydroxyl groups is 1. The first-order valence-corrected chi connectivity index (χ1v) is 8.35. The van der Waals surface area contributed by atoms with Crippen LogP contribution in [0.3, 0.4) is 0 Å². The summed E-state index contributed by atoms with van der Waals surface area (Å²) in [5.41, 5.74) is 0.549. The molecule has 0 aliphatic rings. The molecule has 0 bridgehead atoms. The van der Waals surface area contributed by atoms with E-state index < -0.39 is 8.07 Å². The fourth-order valence-corrected chi connectivity index (χ4v) is 2.53. The fraction of sp³-hybridized carbons (Fsp3) is 0.455. The molecule has 0 unspecified atom stereocenters. The van der Waals surface area contributed by atoms with Crippen molar-refractivity contribution in [3.8, 4) is 5.75 Å². The highest BCUT2D eigenvalue weighted by atomic mass is 28.3. The standard InChI is InChI=1S/C11H18O2Si/c1-13-10-8-6-5-7-9(10)11(12)14(2,3)4/h5-8,11-12H,1-4H3/t11-/m1/s1. The Labute approximate surface area is 86.5 Å². The smallest absolute Gasteiger partial charge is 0.124 e. The first kappa shape index (κ1) is 11.3. The van der Waals surface area contributed by atoms with Crippen molar-refractivity contribution in [2.75, 3.05) is 7.11 Å². The number of methoxy groups -OCH3 is 1. The zero-order chi connectivity index (χ0) is 10.8. The molecule has 0 aliphatic carbocycles. The highest BCUT2D eigenvalue weighted by Crippen LogP contribution is 2.30. The van der Waals surface area contributed by atoms with Gasteiger partial charge in [0.05, 0.1) is 20.9 Å². The van der Waals surface area contributed by atoms with Crippen molar-refractivity contribution >= 4 is 8.07 Å². The second kappa shape index (κ2) is 4.15. The third-order valence-electron chi connectivity index (χ3n) is 2.25. The van der Waals surface area contributed by atoms with Crippen molar-refractivity contribution in [3.63, 3.8) is 0 Å². The van der Waals surface area contributed by atoms with Gasteiger partial charge in [-0.3, -0.25) is 0 Å². The van der Waals surface area contributed by atoms with E-state index in [1.165, 1.54) is 0 Å². The Morgan fingerprint density at radius 1 is 1.21 bits per heavy atom. The monoisotopic (exact) mass is 210 g/mol. The van der Waals surface area contributed by atoms with Crippen LogP contribution in [0.2, 0.25) is 19.6 Å². The minimum absolute atomic E-state index is 0.362. The van der Waals surface area contributed by atoms with Gasteiger partial charge in [0.25, 0.3) is 0 Å². The minimum Gasteiger partial charge on any atom is -0.496 e. The first-order valence-electron chi connectivity index (χ1n) is 4.78. The molecule has 1 rings (SSSR count). The molecular weight excluding hydrogens is 192 g/mol. The van der Waals surface area contributed by atoms with E-state index in [4.69, 9.17) is 4.74 Å². The summed E-state index contributed by atoms with van der Waals surface area (Å²) in [7, 11) is 0.0612. The van der Waals surface area contributed by atoms with Crippen molar-refractivity contribution in [2.45, 2.75) is 25.4 Å². The number of rotatable bonds is 3. The average Bonchev–Trinajstić information content (AvgIpc) is 2.15. The zero-order valence-corrected chi connectivity index (χ0v) is 10.2. The summed E-state index contributed by atoms with van der Waals surface area (Å²) in [5.74, 6) is 0.780. The van der Waals surface area contributed by atoms with E-state index in [0.29, 0.717) is 0 Å². The molecule has 0 spiro atoms. The average molecular weight is 210 g/mol. The number of aliphatic hydroxyl groups excluding tert-OH is 1. The number of para-hydroxylation sites is 1. The van der Waals surface area contributed by atoms with Crippen molar-refractivity contribution in [2.24, 2.45) is 0 Å². The maximum absolute atomic E-state index is 10.2. The van der Waals surface area contributed by atoms with Gasteiger partial charge in [-0.1, -0.05) is 37.8 Å². The highest BCUT2D eigenvalue weighted by Gasteiger charge is 2.28. The molecule has 0 aromatic heterocycles. The molecule has 0 radical (unpaired) electrons. The molecule has 0 saturated carbocycles. The van der Waals surface area contributed by atoms with Gasteiger partial charge in [-0.25, -0.2) is 0 Å². The van der Waals surface area contributed by atoms with Gasteiger partial charge >= 0.3 is 0 Å². The summed E-state index contributed by atoms with van der Waals surface area (Å²) in [6.07, 6.45) is 0. The Hall–Kier alpha value is -0.803. The van der Waals surface area contributed by atoms with Gasteiger partial charge in [0.2, 0.25) is 0 Å². The second-order valence-electron chi connectivity index (χ2n) is 4.51. The minimum atomic E-state index is -1.57. The normalized spacial score (nSPS) is 13.8. The molecule has 1 aromatic rings. The van der Waals surface area contributed by atoms with Gasteiger partial charge in [0, 0.05) is 5.56 Å². The molecule has 0 amide bonds. The van der Waals surface area contributed by atoms with Gasteiger partial charge in [0.15, 0.2) is 0 Å². The largest absolute Gasteiger partial charge is 0.496 e. The van der Waals surface area contributed by atoms with E-state index in [-0.39, 0.29) is 5.73 Å². The van der Waals surface area contributed by atoms with Crippen LogP contribution in [0.4, 0.5) is 0 Å². The van der Waals surface area contributed by atoms with E-state index in [9.17, 15) is 5.11 Å². The van der Waals surface area contributed by atoms with Gasteiger partial charge in [-0.05, 0) is 6.07 Å². The maximum atomic E-state index is 10.2. The van der Waals surface area contributed by atoms with Crippen LogP contribution in [-0.2, 0) is 0 Å². The van der Waals surface area contributed by atoms with E-state index in [1.807, 2.05) is 24.3 Å². The van der Waals surface area contributed by atoms with Gasteiger partial charge in [0.1, 0.15) is 5.75 Å². The summed E-state index contributed by atoms with van der Waals surface area (Å²) in [6.45, 7) is 6.43. The molecular formula is C11H18O2Si. The topological polar surface area (TPSA) is 29.5 Å². The van der Waals surface area contributed by atoms with E-state index >= 15 is 0 Å². The van der Waals surface area contributed by atoms with Crippen LogP contribution in [0.15, 0.2) is 24.3 Å². The number of ether oxygens (including phenoxy) is 1. The lowest BCUT2D eigenvalue weighted by Crippen LogP contribution is -2.30. The maximum Gasteiger partial charge on any atom is 0.124 e. The van der Waals surface area contributed by atoms with Gasteiger partial charge in [-0.2, -0.15) is 0 Å². The molecule has 78 valence electrons. The zero-order valence-electron chi connectivity index (χ0n) is 9.24. The van der Waals surface area contributed by atoms with Gasteiger partial charge in [-0.15, -0.1) is 0 Å². The van der Waals surface area contributed by atoms with Crippen LogP contribution in [0.25, 0.3) is 0 Å². The Balaban J connectivity index is 3.06. The Bertz CT molecular complexity index is 304. The molecule has 0 fully saturated rings. The lowest BCUT2D eigenvalue weighted by Gasteiger charge is -2.25. The SMILES string of the molecule is COc1ccccc1[C@H](O)[Si](C)(C)C. The Morgan fingerprint density at radius 3 is 2.29 bits per heavy atom. The lowest BCUT2D eigenvalue weighted by atomic mass is 10.2. The molecule has 1 atom stereocenters. The third-order valence-corrected chi connectivity index (χ3v) is 4.21. The molecule has 0 aliphatic heterocycles. The molecule has 1 aromatic carbocycles. The molecule has 3 heteroatoms. The van der Waals surface area contributed by atoms with Crippen LogP contribution < -0.4 is 4.74 Å². The molecule has 0 saturated heterocycles. The van der Waals surface area contributed by atoms with E-state index in [0.717, 1.165) is 11.3 Å². The van der Waals surface area contributed by atoms with Crippen LogP contribution >= 0.6 is 0 Å². The van der Waals surface area contributed by atoms with E-state index in [1.54, 1.807) is 7.11 Å². The van der Waals surface area contributed by atoms with Crippen molar-refractivity contribution in [1.29, 1.82) is 0 Å². The quantitative estimate of drug-likeness (QED) is 0.777. The Morgan fingerprint density at radius 2 is 1.79 bits per heavy atom. The van der Waals surface area contributed by atoms with Crippen molar-refractivity contribution < 1.29 is 9.84 Å². The van der Waals surface area contributed by atoms with Gasteiger partial charge < -0.3 is 9.84 Å². The van der Waals surface area contributed by atoms with Crippen LogP contribution in [0, 0.1) is 0 Å². The van der Waals surface area contributed by atoms with Crippen molar-refractivity contribution in [3.05, 3.63) is 29.8 Å². The molecule has 2 nitrogen and oxygen atoms in total. The summed E-state index contributed by atoms with van der Waals surface area (Å²) >= 11 is 0. The fourth-order valence-electron chi connectivity index (χ4n) is 1.36. The van der Waals surface area contributed by atoms with E-state index in [2.05, 4.69) is 19.6 Å². The lowest BCUT2D eigenvalue weighted by molar-refractivity contribution is 0.243. The second-order valence-corrected chi connectivity index (χ2v) is 9.79. The van der Waals surface area contributed by atoms with Crippen LogP contribution in [0.5, 0.6) is 5.75 Å². The number of hydrogen-bond acceptors (Lipinski definition) is 2. The highest BCUT2D eigenvalue weighted by molar-refractivity contribution is 6.77. The van der Waals surface area contributed by atoms with Crippen LogP contribution in [-0.4, -0.2) is 20.3 Å². The summed E-state index contributed by atoms with van der Waals surface area (Å²) in [4.78, 5) is 0. The molecule has 1 N–H and O–H groups in total. The Kier molecular flexibility index (Phi) is 3.34. The predicted molar refractivity (Wildman–Crippen MR) is 61.3 cm³/mol. The summed E-state index contributed by atoms with van der Waals surface area (Å²) < 4.78 is 5.22. The predicted octanol–water partition coefficient (Wildman–Crippen LogP) is 2.61. The number of hydrogen-bond donors (Lipinski definition) is 1. The van der Waals surface area contributed by atoms with Crippen molar-refractivity contribution in [1.82, 2.24) is 0 Å². The molecule has 14 heavy (non-hydrogen) atoms. The third kappa shape index (κ3) is 2.36. The summed E-state index contributed by atoms with van der Waals surface area (Å²) in [5, 5.41) is 10.2. The summed E-state index contributed by atoms with van der Waals surface area (Å²) in [6, 6.07) is 7.67. The number of benzene rings is 1. The molecule has 0 heterocycles.